The fourth-order valence-corrected chi connectivity index (χ4v) is 2.34. The third-order valence-corrected chi connectivity index (χ3v) is 3.12. The van der Waals surface area contributed by atoms with Gasteiger partial charge < -0.3 is 15.5 Å². The lowest BCUT2D eigenvalue weighted by molar-refractivity contribution is -0.138. The molecule has 1 fully saturated rings. The van der Waals surface area contributed by atoms with E-state index in [2.05, 4.69) is 5.32 Å². The van der Waals surface area contributed by atoms with Crippen LogP contribution in [0.25, 0.3) is 0 Å². The Morgan fingerprint density at radius 1 is 1.38 bits per heavy atom. The summed E-state index contributed by atoms with van der Waals surface area (Å²) in [4.78, 5) is 10.9. The molecule has 1 aliphatic rings. The van der Waals surface area contributed by atoms with Gasteiger partial charge in [0.1, 0.15) is 5.75 Å². The zero-order chi connectivity index (χ0) is 11.6. The van der Waals surface area contributed by atoms with Gasteiger partial charge in [-0.05, 0) is 37.1 Å². The first kappa shape index (κ1) is 11.0. The van der Waals surface area contributed by atoms with E-state index >= 15 is 0 Å². The number of rotatable bonds is 3. The lowest BCUT2D eigenvalue weighted by Crippen LogP contribution is -2.38. The summed E-state index contributed by atoms with van der Waals surface area (Å²) >= 11 is 0. The van der Waals surface area contributed by atoms with E-state index in [-0.39, 0.29) is 12.2 Å². The van der Waals surface area contributed by atoms with E-state index in [0.29, 0.717) is 0 Å². The maximum absolute atomic E-state index is 10.9. The highest BCUT2D eigenvalue weighted by Gasteiger charge is 2.37. The average molecular weight is 221 g/mol. The number of nitrogens with one attached hydrogen (secondary N) is 1. The van der Waals surface area contributed by atoms with Crippen LogP contribution in [0.5, 0.6) is 5.75 Å². The number of hydrogen-bond donors (Lipinski definition) is 3. The lowest BCUT2D eigenvalue weighted by atomic mass is 9.85. The van der Waals surface area contributed by atoms with Crippen molar-refractivity contribution < 1.29 is 15.0 Å². The van der Waals surface area contributed by atoms with E-state index in [1.165, 1.54) is 0 Å². The lowest BCUT2D eigenvalue weighted by Gasteiger charge is -2.28. The molecule has 0 aliphatic carbocycles. The number of phenolic OH excluding ortho intramolecular Hbond substituents is 1. The van der Waals surface area contributed by atoms with Crippen molar-refractivity contribution in [3.05, 3.63) is 29.8 Å². The summed E-state index contributed by atoms with van der Waals surface area (Å²) in [6, 6.07) is 6.77. The van der Waals surface area contributed by atoms with Gasteiger partial charge in [0.2, 0.25) is 0 Å². The summed E-state index contributed by atoms with van der Waals surface area (Å²) in [6.45, 7) is 0.841. The topological polar surface area (TPSA) is 69.6 Å². The second kappa shape index (κ2) is 4.14. The molecule has 0 amide bonds. The molecule has 0 bridgehead atoms. The molecule has 3 N–H and O–H groups in total. The molecule has 1 aromatic carbocycles. The molecule has 1 aliphatic heterocycles. The molecular weight excluding hydrogens is 206 g/mol. The number of carboxylic acid groups (broad SMARTS) is 1. The standard InChI is InChI=1S/C12H15NO3/c14-10-4-2-9(3-5-10)12(8-11(15)16)6-1-7-13-12/h2-5,13-14H,1,6-8H2,(H,15,16). The van der Waals surface area contributed by atoms with Crippen molar-refractivity contribution >= 4 is 5.97 Å². The molecular formula is C12H15NO3. The number of carbonyl (C=O) groups is 1. The summed E-state index contributed by atoms with van der Waals surface area (Å²) in [5.74, 6) is -0.602. The summed E-state index contributed by atoms with van der Waals surface area (Å²) in [5.41, 5.74) is 0.477. The van der Waals surface area contributed by atoms with Gasteiger partial charge in [0.25, 0.3) is 0 Å². The van der Waals surface area contributed by atoms with Gasteiger partial charge in [-0.2, -0.15) is 0 Å². The molecule has 0 saturated carbocycles. The van der Waals surface area contributed by atoms with Crippen molar-refractivity contribution in [2.45, 2.75) is 24.8 Å². The van der Waals surface area contributed by atoms with Crippen molar-refractivity contribution in [2.24, 2.45) is 0 Å². The minimum Gasteiger partial charge on any atom is -0.508 e. The van der Waals surface area contributed by atoms with Crippen LogP contribution in [0.15, 0.2) is 24.3 Å². The van der Waals surface area contributed by atoms with Crippen LogP contribution >= 0.6 is 0 Å². The second-order valence-corrected chi connectivity index (χ2v) is 4.23. The molecule has 1 saturated heterocycles. The number of carboxylic acids is 1. The highest BCUT2D eigenvalue weighted by Crippen LogP contribution is 2.34. The van der Waals surface area contributed by atoms with Crippen molar-refractivity contribution in [1.82, 2.24) is 5.32 Å². The number of hydrogen-bond acceptors (Lipinski definition) is 3. The molecule has 4 heteroatoms. The van der Waals surface area contributed by atoms with Crippen LogP contribution in [0.2, 0.25) is 0 Å². The van der Waals surface area contributed by atoms with Gasteiger partial charge in [0.05, 0.1) is 12.0 Å². The highest BCUT2D eigenvalue weighted by molar-refractivity contribution is 5.69. The Labute approximate surface area is 93.9 Å². The smallest absolute Gasteiger partial charge is 0.305 e. The van der Waals surface area contributed by atoms with E-state index in [1.54, 1.807) is 24.3 Å². The zero-order valence-corrected chi connectivity index (χ0v) is 8.94. The van der Waals surface area contributed by atoms with E-state index in [1.807, 2.05) is 0 Å². The molecule has 0 aromatic heterocycles. The Kier molecular flexibility index (Phi) is 2.83. The van der Waals surface area contributed by atoms with E-state index in [0.717, 1.165) is 24.9 Å². The van der Waals surface area contributed by atoms with Gasteiger partial charge in [-0.3, -0.25) is 4.79 Å². The third-order valence-electron chi connectivity index (χ3n) is 3.12. The monoisotopic (exact) mass is 221 g/mol. The first-order valence-electron chi connectivity index (χ1n) is 5.39. The molecule has 1 unspecified atom stereocenters. The van der Waals surface area contributed by atoms with Crippen LogP contribution in [0, 0.1) is 0 Å². The van der Waals surface area contributed by atoms with Gasteiger partial charge >= 0.3 is 5.97 Å². The molecule has 86 valence electrons. The first-order chi connectivity index (χ1) is 7.62. The molecule has 4 nitrogen and oxygen atoms in total. The summed E-state index contributed by atoms with van der Waals surface area (Å²) < 4.78 is 0. The van der Waals surface area contributed by atoms with Crippen LogP contribution in [-0.4, -0.2) is 22.7 Å². The van der Waals surface area contributed by atoms with Gasteiger partial charge in [-0.15, -0.1) is 0 Å². The highest BCUT2D eigenvalue weighted by atomic mass is 16.4. The fraction of sp³-hybridized carbons (Fsp3) is 0.417. The van der Waals surface area contributed by atoms with Crippen LogP contribution in [0.1, 0.15) is 24.8 Å². The molecule has 0 radical (unpaired) electrons. The number of phenols is 1. The average Bonchev–Trinajstić information content (AvgIpc) is 2.67. The third kappa shape index (κ3) is 2.02. The number of aromatic hydroxyl groups is 1. The Hall–Kier alpha value is -1.55. The van der Waals surface area contributed by atoms with Gasteiger partial charge in [0, 0.05) is 0 Å². The van der Waals surface area contributed by atoms with E-state index in [9.17, 15) is 9.90 Å². The minimum absolute atomic E-state index is 0.0811. The normalized spacial score (nSPS) is 24.5. The van der Waals surface area contributed by atoms with Gasteiger partial charge in [0.15, 0.2) is 0 Å². The molecule has 16 heavy (non-hydrogen) atoms. The minimum atomic E-state index is -0.803. The van der Waals surface area contributed by atoms with Crippen molar-refractivity contribution in [2.75, 3.05) is 6.54 Å². The number of benzene rings is 1. The van der Waals surface area contributed by atoms with Gasteiger partial charge in [-0.1, -0.05) is 12.1 Å². The molecule has 1 aromatic rings. The summed E-state index contributed by atoms with van der Waals surface area (Å²) in [5, 5.41) is 21.5. The Bertz CT molecular complexity index is 380. The number of aliphatic carboxylic acids is 1. The summed E-state index contributed by atoms with van der Waals surface area (Å²) in [7, 11) is 0. The van der Waals surface area contributed by atoms with E-state index < -0.39 is 11.5 Å². The zero-order valence-electron chi connectivity index (χ0n) is 8.94. The predicted octanol–water partition coefficient (Wildman–Crippen LogP) is 1.45. The maximum Gasteiger partial charge on any atom is 0.305 e. The van der Waals surface area contributed by atoms with Crippen molar-refractivity contribution in [3.63, 3.8) is 0 Å². The molecule has 1 atom stereocenters. The van der Waals surface area contributed by atoms with Crippen LogP contribution < -0.4 is 5.32 Å². The van der Waals surface area contributed by atoms with Crippen LogP contribution in [0.3, 0.4) is 0 Å². The van der Waals surface area contributed by atoms with Crippen LogP contribution in [0.4, 0.5) is 0 Å². The second-order valence-electron chi connectivity index (χ2n) is 4.23. The Morgan fingerprint density at radius 3 is 2.56 bits per heavy atom. The largest absolute Gasteiger partial charge is 0.508 e. The quantitative estimate of drug-likeness (QED) is 0.722. The van der Waals surface area contributed by atoms with Gasteiger partial charge in [-0.25, -0.2) is 0 Å². The Morgan fingerprint density at radius 2 is 2.06 bits per heavy atom. The molecule has 0 spiro atoms. The fourth-order valence-electron chi connectivity index (χ4n) is 2.34. The maximum atomic E-state index is 10.9. The first-order valence-corrected chi connectivity index (χ1v) is 5.39. The summed E-state index contributed by atoms with van der Waals surface area (Å²) in [6.07, 6.45) is 1.88. The van der Waals surface area contributed by atoms with Crippen LogP contribution in [-0.2, 0) is 10.3 Å². The SMILES string of the molecule is O=C(O)CC1(c2ccc(O)cc2)CCCN1. The predicted molar refractivity (Wildman–Crippen MR) is 59.3 cm³/mol. The van der Waals surface area contributed by atoms with Crippen molar-refractivity contribution in [1.29, 1.82) is 0 Å². The van der Waals surface area contributed by atoms with E-state index in [4.69, 9.17) is 5.11 Å². The van der Waals surface area contributed by atoms with Crippen molar-refractivity contribution in [3.8, 4) is 5.75 Å². The molecule has 1 heterocycles. The molecule has 2 rings (SSSR count). The Balaban J connectivity index is 2.31.